The van der Waals surface area contributed by atoms with E-state index in [1.165, 1.54) is 11.3 Å². The summed E-state index contributed by atoms with van der Waals surface area (Å²) in [5.41, 5.74) is 8.69. The van der Waals surface area contributed by atoms with Crippen molar-refractivity contribution in [2.45, 2.75) is 19.4 Å². The number of hydrogen-bond acceptors (Lipinski definition) is 3. The van der Waals surface area contributed by atoms with Gasteiger partial charge in [-0.1, -0.05) is 0 Å². The number of amides is 1. The molecule has 5 heteroatoms. The molecule has 98 valence electrons. The lowest BCUT2D eigenvalue weighted by Crippen LogP contribution is -2.35. The van der Waals surface area contributed by atoms with Crippen molar-refractivity contribution >= 4 is 44.5 Å². The van der Waals surface area contributed by atoms with E-state index in [-0.39, 0.29) is 11.9 Å². The number of nitrogen functional groups attached to an aromatic ring is 1. The van der Waals surface area contributed by atoms with Crippen LogP contribution in [0.1, 0.15) is 22.2 Å². The maximum atomic E-state index is 12.6. The first-order chi connectivity index (χ1) is 9.06. The molecule has 1 aliphatic heterocycles. The number of benzene rings is 1. The molecule has 0 fully saturated rings. The summed E-state index contributed by atoms with van der Waals surface area (Å²) in [6.07, 6.45) is 0.860. The number of thiophene rings is 1. The molecule has 2 N–H and O–H groups in total. The molecule has 1 aromatic heterocycles. The topological polar surface area (TPSA) is 46.3 Å². The third-order valence-electron chi connectivity index (χ3n) is 3.32. The number of carbonyl (C=O) groups excluding carboxylic acids is 1. The summed E-state index contributed by atoms with van der Waals surface area (Å²) in [5.74, 6) is 0.0618. The van der Waals surface area contributed by atoms with Gasteiger partial charge in [0.2, 0.25) is 0 Å². The number of nitrogens with zero attached hydrogens (tertiary/aromatic N) is 1. The molecule has 0 bridgehead atoms. The first-order valence-electron chi connectivity index (χ1n) is 6.03. The third kappa shape index (κ3) is 2.17. The van der Waals surface area contributed by atoms with Gasteiger partial charge in [-0.2, -0.15) is 0 Å². The van der Waals surface area contributed by atoms with Crippen LogP contribution >= 0.6 is 27.3 Å². The second kappa shape index (κ2) is 4.65. The van der Waals surface area contributed by atoms with E-state index < -0.39 is 0 Å². The summed E-state index contributed by atoms with van der Waals surface area (Å²) < 4.78 is 0.972. The number of halogens is 1. The lowest BCUT2D eigenvalue weighted by Gasteiger charge is -2.22. The van der Waals surface area contributed by atoms with Crippen molar-refractivity contribution in [3.63, 3.8) is 0 Å². The predicted octanol–water partition coefficient (Wildman–Crippen LogP) is 3.68. The quantitative estimate of drug-likeness (QED) is 0.807. The number of nitrogens with two attached hydrogens (primary N) is 1. The van der Waals surface area contributed by atoms with Gasteiger partial charge in [-0.05, 0) is 65.2 Å². The zero-order valence-corrected chi connectivity index (χ0v) is 12.8. The fourth-order valence-electron chi connectivity index (χ4n) is 2.51. The van der Waals surface area contributed by atoms with Gasteiger partial charge in [0, 0.05) is 17.4 Å². The minimum Gasteiger partial charge on any atom is -0.399 e. The third-order valence-corrected chi connectivity index (χ3v) is 4.93. The Kier molecular flexibility index (Phi) is 3.11. The monoisotopic (exact) mass is 336 g/mol. The van der Waals surface area contributed by atoms with Gasteiger partial charge in [0.05, 0.1) is 8.66 Å². The summed E-state index contributed by atoms with van der Waals surface area (Å²) in [6, 6.07) is 9.69. The average Bonchev–Trinajstić information content (AvgIpc) is 2.91. The summed E-state index contributed by atoms with van der Waals surface area (Å²) in [6.45, 7) is 2.07. The molecule has 0 spiro atoms. The van der Waals surface area contributed by atoms with Crippen LogP contribution in [0.2, 0.25) is 0 Å². The molecule has 1 atom stereocenters. The smallest absolute Gasteiger partial charge is 0.268 e. The lowest BCUT2D eigenvalue weighted by atomic mass is 10.1. The maximum Gasteiger partial charge on any atom is 0.268 e. The highest BCUT2D eigenvalue weighted by molar-refractivity contribution is 9.11. The van der Waals surface area contributed by atoms with Crippen LogP contribution in [-0.4, -0.2) is 11.9 Å². The molecule has 0 radical (unpaired) electrons. The molecule has 2 heterocycles. The van der Waals surface area contributed by atoms with E-state index in [1.54, 1.807) is 0 Å². The highest BCUT2D eigenvalue weighted by Crippen LogP contribution is 2.35. The minimum atomic E-state index is 0.0618. The Bertz CT molecular complexity index is 653. The number of rotatable bonds is 1. The van der Waals surface area contributed by atoms with Crippen LogP contribution in [0, 0.1) is 0 Å². The Morgan fingerprint density at radius 2 is 2.21 bits per heavy atom. The molecule has 0 aliphatic carbocycles. The van der Waals surface area contributed by atoms with Gasteiger partial charge >= 0.3 is 0 Å². The highest BCUT2D eigenvalue weighted by atomic mass is 79.9. The normalized spacial score (nSPS) is 17.6. The summed E-state index contributed by atoms with van der Waals surface area (Å²) in [7, 11) is 0. The standard InChI is InChI=1S/C14H13BrN2OS/c1-8-6-9-7-10(16)2-3-11(9)17(8)14(18)12-4-5-13(15)19-12/h2-5,7-8H,6,16H2,1H3. The fourth-order valence-corrected chi connectivity index (χ4v) is 3.83. The van der Waals surface area contributed by atoms with E-state index in [4.69, 9.17) is 5.73 Å². The molecule has 3 nitrogen and oxygen atoms in total. The van der Waals surface area contributed by atoms with Crippen LogP contribution in [0.15, 0.2) is 34.1 Å². The van der Waals surface area contributed by atoms with Gasteiger partial charge in [0.1, 0.15) is 0 Å². The van der Waals surface area contributed by atoms with E-state index in [2.05, 4.69) is 22.9 Å². The van der Waals surface area contributed by atoms with Crippen molar-refractivity contribution in [2.24, 2.45) is 0 Å². The Hall–Kier alpha value is -1.33. The number of fused-ring (bicyclic) bond motifs is 1. The molecule has 3 rings (SSSR count). The molecule has 1 amide bonds. The second-order valence-corrected chi connectivity index (χ2v) is 7.18. The molecule has 0 saturated heterocycles. The number of anilines is 2. The predicted molar refractivity (Wildman–Crippen MR) is 82.8 cm³/mol. The summed E-state index contributed by atoms with van der Waals surface area (Å²) in [4.78, 5) is 15.2. The summed E-state index contributed by atoms with van der Waals surface area (Å²) in [5, 5.41) is 0. The van der Waals surface area contributed by atoms with E-state index in [9.17, 15) is 4.79 Å². The average molecular weight is 337 g/mol. The molecule has 1 aliphatic rings. The Labute approximate surface area is 124 Å². The van der Waals surface area contributed by atoms with E-state index in [0.29, 0.717) is 0 Å². The van der Waals surface area contributed by atoms with Crippen molar-refractivity contribution in [2.75, 3.05) is 10.6 Å². The van der Waals surface area contributed by atoms with Crippen LogP contribution in [0.25, 0.3) is 0 Å². The number of carbonyl (C=O) groups is 1. The van der Waals surface area contributed by atoms with Crippen LogP contribution in [0.3, 0.4) is 0 Å². The first-order valence-corrected chi connectivity index (χ1v) is 7.64. The SMILES string of the molecule is CC1Cc2cc(N)ccc2N1C(=O)c1ccc(Br)s1. The molecule has 2 aromatic rings. The van der Waals surface area contributed by atoms with Gasteiger partial charge in [-0.3, -0.25) is 4.79 Å². The van der Waals surface area contributed by atoms with Crippen molar-refractivity contribution in [1.29, 1.82) is 0 Å². The molecular weight excluding hydrogens is 324 g/mol. The number of hydrogen-bond donors (Lipinski definition) is 1. The molecular formula is C14H13BrN2OS. The van der Waals surface area contributed by atoms with Crippen LogP contribution in [0.5, 0.6) is 0 Å². The largest absolute Gasteiger partial charge is 0.399 e. The van der Waals surface area contributed by atoms with E-state index in [1.807, 2.05) is 35.2 Å². The van der Waals surface area contributed by atoms with Gasteiger partial charge < -0.3 is 10.6 Å². The fraction of sp³-hybridized carbons (Fsp3) is 0.214. The van der Waals surface area contributed by atoms with Gasteiger partial charge in [0.25, 0.3) is 5.91 Å². The maximum absolute atomic E-state index is 12.6. The Morgan fingerprint density at radius 3 is 2.89 bits per heavy atom. The van der Waals surface area contributed by atoms with E-state index in [0.717, 1.165) is 32.0 Å². The minimum absolute atomic E-state index is 0.0618. The lowest BCUT2D eigenvalue weighted by molar-refractivity contribution is 0.0985. The van der Waals surface area contributed by atoms with Gasteiger partial charge in [-0.25, -0.2) is 0 Å². The van der Waals surface area contributed by atoms with Crippen LogP contribution in [-0.2, 0) is 6.42 Å². The van der Waals surface area contributed by atoms with Gasteiger partial charge in [0.15, 0.2) is 0 Å². The Morgan fingerprint density at radius 1 is 1.42 bits per heavy atom. The molecule has 19 heavy (non-hydrogen) atoms. The second-order valence-electron chi connectivity index (χ2n) is 4.72. The summed E-state index contributed by atoms with van der Waals surface area (Å²) >= 11 is 4.86. The zero-order valence-electron chi connectivity index (χ0n) is 10.4. The van der Waals surface area contributed by atoms with Crippen LogP contribution < -0.4 is 10.6 Å². The molecule has 1 aromatic carbocycles. The van der Waals surface area contributed by atoms with Gasteiger partial charge in [-0.15, -0.1) is 11.3 Å². The molecule has 1 unspecified atom stereocenters. The highest BCUT2D eigenvalue weighted by Gasteiger charge is 2.32. The van der Waals surface area contributed by atoms with Crippen molar-refractivity contribution < 1.29 is 4.79 Å². The Balaban J connectivity index is 2.00. The first kappa shape index (κ1) is 12.7. The zero-order chi connectivity index (χ0) is 13.6. The van der Waals surface area contributed by atoms with Crippen molar-refractivity contribution in [3.8, 4) is 0 Å². The van der Waals surface area contributed by atoms with Crippen molar-refractivity contribution in [1.82, 2.24) is 0 Å². The molecule has 0 saturated carbocycles. The van der Waals surface area contributed by atoms with E-state index >= 15 is 0 Å². The van der Waals surface area contributed by atoms with Crippen molar-refractivity contribution in [3.05, 3.63) is 44.6 Å². The van der Waals surface area contributed by atoms with Crippen LogP contribution in [0.4, 0.5) is 11.4 Å².